The molecule has 1 aromatic carbocycles. The lowest BCUT2D eigenvalue weighted by Gasteiger charge is -2.27. The molecule has 3 aromatic rings. The van der Waals surface area contributed by atoms with Crippen molar-refractivity contribution in [2.45, 2.75) is 33.0 Å². The number of rotatable bonds is 5. The summed E-state index contributed by atoms with van der Waals surface area (Å²) in [4.78, 5) is 44.1. The number of nitrogens with zero attached hydrogens (tertiary/aromatic N) is 5. The maximum Gasteiger partial charge on any atom is 0.332 e. The standard InChI is InChI=1S/C19H23N5O3/c1-13(2)23(10-14-8-6-5-7-9-14)15(25)11-24-18(26)16-17(20-12-21(16)3)22(4)19(24)27/h5-9,12-13H,10-11H2,1-4H3. The summed E-state index contributed by atoms with van der Waals surface area (Å²) in [5.41, 5.74) is 0.528. The number of carbonyl (C=O) groups is 1. The molecular weight excluding hydrogens is 346 g/mol. The van der Waals surface area contributed by atoms with E-state index in [9.17, 15) is 14.4 Å². The van der Waals surface area contributed by atoms with E-state index in [-0.39, 0.29) is 18.5 Å². The van der Waals surface area contributed by atoms with Gasteiger partial charge < -0.3 is 9.47 Å². The summed E-state index contributed by atoms with van der Waals surface area (Å²) in [6.45, 7) is 3.93. The van der Waals surface area contributed by atoms with E-state index in [1.807, 2.05) is 44.2 Å². The highest BCUT2D eigenvalue weighted by Gasteiger charge is 2.22. The fraction of sp³-hybridized carbons (Fsp3) is 0.368. The molecule has 2 aromatic heterocycles. The van der Waals surface area contributed by atoms with Gasteiger partial charge in [0.1, 0.15) is 6.54 Å². The summed E-state index contributed by atoms with van der Waals surface area (Å²) in [6.07, 6.45) is 1.48. The van der Waals surface area contributed by atoms with Crippen molar-refractivity contribution in [2.24, 2.45) is 14.1 Å². The zero-order valence-corrected chi connectivity index (χ0v) is 15.9. The first-order chi connectivity index (χ1) is 12.8. The number of hydrogen-bond donors (Lipinski definition) is 0. The fourth-order valence-corrected chi connectivity index (χ4v) is 3.10. The maximum atomic E-state index is 12.9. The van der Waals surface area contributed by atoms with Gasteiger partial charge in [-0.3, -0.25) is 14.2 Å². The van der Waals surface area contributed by atoms with Crippen molar-refractivity contribution in [3.63, 3.8) is 0 Å². The van der Waals surface area contributed by atoms with Crippen LogP contribution in [0, 0.1) is 0 Å². The van der Waals surface area contributed by atoms with Crippen LogP contribution in [0.15, 0.2) is 46.2 Å². The van der Waals surface area contributed by atoms with Crippen LogP contribution in [-0.2, 0) is 32.0 Å². The van der Waals surface area contributed by atoms with Gasteiger partial charge in [-0.05, 0) is 19.4 Å². The van der Waals surface area contributed by atoms with Crippen molar-refractivity contribution in [3.05, 3.63) is 63.1 Å². The third kappa shape index (κ3) is 3.42. The minimum absolute atomic E-state index is 0.0716. The molecule has 0 bridgehead atoms. The minimum atomic E-state index is -0.553. The lowest BCUT2D eigenvalue weighted by molar-refractivity contribution is -0.134. The van der Waals surface area contributed by atoms with E-state index in [0.717, 1.165) is 10.1 Å². The number of fused-ring (bicyclic) bond motifs is 1. The number of imidazole rings is 1. The van der Waals surface area contributed by atoms with E-state index in [2.05, 4.69) is 4.98 Å². The summed E-state index contributed by atoms with van der Waals surface area (Å²) < 4.78 is 3.83. The smallest absolute Gasteiger partial charge is 0.332 e. The third-order valence-corrected chi connectivity index (χ3v) is 4.63. The van der Waals surface area contributed by atoms with Crippen LogP contribution in [0.25, 0.3) is 11.2 Å². The molecule has 2 heterocycles. The monoisotopic (exact) mass is 369 g/mol. The van der Waals surface area contributed by atoms with Gasteiger partial charge in [-0.25, -0.2) is 14.3 Å². The molecule has 0 saturated carbocycles. The van der Waals surface area contributed by atoms with E-state index in [0.29, 0.717) is 17.7 Å². The van der Waals surface area contributed by atoms with E-state index in [1.54, 1.807) is 23.6 Å². The van der Waals surface area contributed by atoms with Gasteiger partial charge in [0.2, 0.25) is 5.91 Å². The van der Waals surface area contributed by atoms with Crippen LogP contribution in [0.5, 0.6) is 0 Å². The largest absolute Gasteiger partial charge is 0.334 e. The van der Waals surface area contributed by atoms with Crippen molar-refractivity contribution in [2.75, 3.05) is 0 Å². The third-order valence-electron chi connectivity index (χ3n) is 4.63. The molecule has 3 rings (SSSR count). The second-order valence-electron chi connectivity index (χ2n) is 6.86. The van der Waals surface area contributed by atoms with E-state index in [1.165, 1.54) is 10.9 Å². The van der Waals surface area contributed by atoms with E-state index < -0.39 is 11.2 Å². The molecule has 0 aliphatic heterocycles. The molecule has 0 saturated heterocycles. The Morgan fingerprint density at radius 1 is 1.15 bits per heavy atom. The lowest BCUT2D eigenvalue weighted by Crippen LogP contribution is -2.46. The highest BCUT2D eigenvalue weighted by molar-refractivity contribution is 5.77. The van der Waals surface area contributed by atoms with Gasteiger partial charge in [0.25, 0.3) is 5.56 Å². The highest BCUT2D eigenvalue weighted by atomic mass is 16.2. The molecular formula is C19H23N5O3. The number of aryl methyl sites for hydroxylation is 2. The lowest BCUT2D eigenvalue weighted by atomic mass is 10.2. The Kier molecular flexibility index (Phi) is 4.98. The van der Waals surface area contributed by atoms with Crippen molar-refractivity contribution in [1.29, 1.82) is 0 Å². The van der Waals surface area contributed by atoms with Gasteiger partial charge in [0.15, 0.2) is 11.2 Å². The van der Waals surface area contributed by atoms with Gasteiger partial charge >= 0.3 is 5.69 Å². The van der Waals surface area contributed by atoms with E-state index >= 15 is 0 Å². The Balaban J connectivity index is 1.98. The minimum Gasteiger partial charge on any atom is -0.334 e. The van der Waals surface area contributed by atoms with Crippen LogP contribution in [0.1, 0.15) is 19.4 Å². The predicted molar refractivity (Wildman–Crippen MR) is 102 cm³/mol. The molecule has 1 amide bonds. The first-order valence-electron chi connectivity index (χ1n) is 8.75. The molecule has 0 aliphatic rings. The highest BCUT2D eigenvalue weighted by Crippen LogP contribution is 2.09. The van der Waals surface area contributed by atoms with Crippen LogP contribution >= 0.6 is 0 Å². The second-order valence-corrected chi connectivity index (χ2v) is 6.86. The fourth-order valence-electron chi connectivity index (χ4n) is 3.10. The Morgan fingerprint density at radius 3 is 2.44 bits per heavy atom. The summed E-state index contributed by atoms with van der Waals surface area (Å²) in [5, 5.41) is 0. The SMILES string of the molecule is CC(C)N(Cc1ccccc1)C(=O)Cn1c(=O)c2c(ncn2C)n(C)c1=O. The normalized spacial score (nSPS) is 11.3. The van der Waals surface area contributed by atoms with Gasteiger partial charge in [-0.15, -0.1) is 0 Å². The quantitative estimate of drug-likeness (QED) is 0.668. The number of benzene rings is 1. The Hall–Kier alpha value is -3.16. The average molecular weight is 369 g/mol. The van der Waals surface area contributed by atoms with Gasteiger partial charge in [-0.2, -0.15) is 0 Å². The summed E-state index contributed by atoms with van der Waals surface area (Å²) >= 11 is 0. The summed E-state index contributed by atoms with van der Waals surface area (Å²) in [7, 11) is 3.23. The molecule has 142 valence electrons. The first-order valence-corrected chi connectivity index (χ1v) is 8.75. The molecule has 0 spiro atoms. The number of carbonyl (C=O) groups excluding carboxylic acids is 1. The van der Waals surface area contributed by atoms with Crippen molar-refractivity contribution in [3.8, 4) is 0 Å². The van der Waals surface area contributed by atoms with E-state index in [4.69, 9.17) is 0 Å². The number of aromatic nitrogens is 4. The Morgan fingerprint density at radius 2 is 1.81 bits per heavy atom. The number of amides is 1. The van der Waals surface area contributed by atoms with Gasteiger partial charge in [-0.1, -0.05) is 30.3 Å². The Bertz CT molecular complexity index is 1090. The van der Waals surface area contributed by atoms with Crippen LogP contribution in [0.4, 0.5) is 0 Å². The summed E-state index contributed by atoms with van der Waals surface area (Å²) in [5.74, 6) is -0.283. The van der Waals surface area contributed by atoms with Crippen LogP contribution in [0.2, 0.25) is 0 Å². The molecule has 0 atom stereocenters. The molecule has 0 N–H and O–H groups in total. The van der Waals surface area contributed by atoms with Crippen LogP contribution < -0.4 is 11.2 Å². The van der Waals surface area contributed by atoms with Gasteiger partial charge in [0, 0.05) is 26.7 Å². The zero-order chi connectivity index (χ0) is 19.7. The molecule has 0 radical (unpaired) electrons. The topological polar surface area (TPSA) is 82.1 Å². The predicted octanol–water partition coefficient (Wildman–Crippen LogP) is 0.871. The summed E-state index contributed by atoms with van der Waals surface area (Å²) in [6, 6.07) is 9.55. The average Bonchev–Trinajstić information content (AvgIpc) is 3.03. The van der Waals surface area contributed by atoms with Crippen molar-refractivity contribution < 1.29 is 4.79 Å². The van der Waals surface area contributed by atoms with Crippen LogP contribution in [0.3, 0.4) is 0 Å². The Labute approximate surface area is 156 Å². The number of hydrogen-bond acceptors (Lipinski definition) is 4. The molecule has 8 heteroatoms. The molecule has 0 unspecified atom stereocenters. The molecule has 27 heavy (non-hydrogen) atoms. The first kappa shape index (κ1) is 18.6. The molecule has 8 nitrogen and oxygen atoms in total. The second kappa shape index (κ2) is 7.22. The van der Waals surface area contributed by atoms with Crippen molar-refractivity contribution >= 4 is 17.1 Å². The van der Waals surface area contributed by atoms with Crippen LogP contribution in [-0.4, -0.2) is 35.5 Å². The zero-order valence-electron chi connectivity index (χ0n) is 15.9. The molecule has 0 aliphatic carbocycles. The van der Waals surface area contributed by atoms with Gasteiger partial charge in [0.05, 0.1) is 6.33 Å². The van der Waals surface area contributed by atoms with Crippen molar-refractivity contribution in [1.82, 2.24) is 23.6 Å². The maximum absolute atomic E-state index is 12.9. The molecule has 0 fully saturated rings.